The van der Waals surface area contributed by atoms with Gasteiger partial charge >= 0.3 is 0 Å². The Hall–Kier alpha value is -1.28. The first-order valence-electron chi connectivity index (χ1n) is 7.79. The van der Waals surface area contributed by atoms with Crippen LogP contribution >= 0.6 is 22.6 Å². The van der Waals surface area contributed by atoms with Crippen molar-refractivity contribution in [3.8, 4) is 5.75 Å². The third-order valence-corrected chi connectivity index (χ3v) is 5.10. The predicted molar refractivity (Wildman–Crippen MR) is 96.8 cm³/mol. The standard InChI is InChI=1S/C17H21IN2O3/c1-22-15-5-2-13(3-6-15)12-23-16-7-4-14-10-20(17(18)21)9-8-19(14)11-16/h2-3,5-7,14H,4,8-12H2,1H3. The number of carbonyl (C=O) groups excluding carboxylic acids is 1. The third kappa shape index (κ3) is 4.17. The van der Waals surface area contributed by atoms with Crippen molar-refractivity contribution < 1.29 is 14.3 Å². The molecule has 2 aliphatic heterocycles. The number of nitrogens with zero attached hydrogens (tertiary/aromatic N) is 2. The topological polar surface area (TPSA) is 42.0 Å². The minimum atomic E-state index is 0.146. The van der Waals surface area contributed by atoms with Gasteiger partial charge in [-0.2, -0.15) is 0 Å². The minimum absolute atomic E-state index is 0.146. The van der Waals surface area contributed by atoms with Crippen LogP contribution in [-0.4, -0.2) is 53.0 Å². The fourth-order valence-corrected chi connectivity index (χ4v) is 3.46. The Kier molecular flexibility index (Phi) is 5.42. The first kappa shape index (κ1) is 16.6. The highest BCUT2D eigenvalue weighted by Crippen LogP contribution is 2.23. The van der Waals surface area contributed by atoms with Crippen molar-refractivity contribution in [2.45, 2.75) is 19.1 Å². The van der Waals surface area contributed by atoms with E-state index in [4.69, 9.17) is 9.47 Å². The van der Waals surface area contributed by atoms with Crippen LogP contribution in [0.5, 0.6) is 5.75 Å². The number of carbonyl (C=O) groups is 1. The molecule has 0 radical (unpaired) electrons. The first-order chi connectivity index (χ1) is 11.2. The first-order valence-corrected chi connectivity index (χ1v) is 8.87. The number of hydrogen-bond donors (Lipinski definition) is 0. The normalized spacial score (nSPS) is 21.4. The number of hydrogen-bond acceptors (Lipinski definition) is 4. The molecule has 1 unspecified atom stereocenters. The van der Waals surface area contributed by atoms with Crippen LogP contribution in [0.3, 0.4) is 0 Å². The van der Waals surface area contributed by atoms with Gasteiger partial charge in [-0.25, -0.2) is 0 Å². The maximum atomic E-state index is 11.5. The van der Waals surface area contributed by atoms with Crippen LogP contribution in [0, 0.1) is 0 Å². The molecule has 2 heterocycles. The van der Waals surface area contributed by atoms with Gasteiger partial charge < -0.3 is 14.4 Å². The molecule has 23 heavy (non-hydrogen) atoms. The maximum absolute atomic E-state index is 11.5. The van der Waals surface area contributed by atoms with E-state index in [9.17, 15) is 4.79 Å². The molecule has 1 aromatic rings. The van der Waals surface area contributed by atoms with Crippen LogP contribution in [0.4, 0.5) is 4.79 Å². The lowest BCUT2D eigenvalue weighted by atomic mass is 10.0. The lowest BCUT2D eigenvalue weighted by Crippen LogP contribution is -2.55. The van der Waals surface area contributed by atoms with Crippen LogP contribution in [0.15, 0.2) is 36.1 Å². The van der Waals surface area contributed by atoms with Gasteiger partial charge in [-0.1, -0.05) is 12.1 Å². The van der Waals surface area contributed by atoms with Crippen molar-refractivity contribution in [2.24, 2.45) is 0 Å². The molecule has 0 aliphatic carbocycles. The van der Waals surface area contributed by atoms with Gasteiger partial charge in [0.2, 0.25) is 0 Å². The van der Waals surface area contributed by atoms with E-state index in [1.807, 2.05) is 51.8 Å². The number of benzene rings is 1. The van der Waals surface area contributed by atoms with Crippen molar-refractivity contribution in [1.82, 2.24) is 9.80 Å². The molecule has 0 saturated carbocycles. The molecule has 1 amide bonds. The van der Waals surface area contributed by atoms with Gasteiger partial charge in [0.1, 0.15) is 18.1 Å². The van der Waals surface area contributed by atoms with Gasteiger partial charge in [-0.15, -0.1) is 0 Å². The largest absolute Gasteiger partial charge is 0.497 e. The van der Waals surface area contributed by atoms with Crippen LogP contribution in [-0.2, 0) is 11.3 Å². The van der Waals surface area contributed by atoms with Crippen molar-refractivity contribution >= 4 is 26.5 Å². The zero-order valence-corrected chi connectivity index (χ0v) is 15.4. The summed E-state index contributed by atoms with van der Waals surface area (Å²) >= 11 is 1.87. The van der Waals surface area contributed by atoms with E-state index in [1.165, 1.54) is 0 Å². The molecule has 2 aliphatic rings. The van der Waals surface area contributed by atoms with Crippen molar-refractivity contribution in [3.63, 3.8) is 0 Å². The molecule has 3 rings (SSSR count). The Balaban J connectivity index is 1.53. The fourth-order valence-electron chi connectivity index (χ4n) is 3.02. The maximum Gasteiger partial charge on any atom is 0.283 e. The molecule has 1 saturated heterocycles. The molecule has 0 aromatic heterocycles. The minimum Gasteiger partial charge on any atom is -0.497 e. The molecule has 0 bridgehead atoms. The SMILES string of the molecule is COc1ccc(COC2=CCC3CN(C(=O)I)CCN3C2)cc1. The highest BCUT2D eigenvalue weighted by molar-refractivity contribution is 14.1. The molecule has 0 N–H and O–H groups in total. The summed E-state index contributed by atoms with van der Waals surface area (Å²) in [5.74, 6) is 1.89. The Morgan fingerprint density at radius 1 is 1.30 bits per heavy atom. The summed E-state index contributed by atoms with van der Waals surface area (Å²) in [4.78, 5) is 15.8. The number of methoxy groups -OCH3 is 1. The Labute approximate surface area is 150 Å². The summed E-state index contributed by atoms with van der Waals surface area (Å²) in [5.41, 5.74) is 1.13. The summed E-state index contributed by atoms with van der Waals surface area (Å²) in [6.07, 6.45) is 3.12. The van der Waals surface area contributed by atoms with Crippen LogP contribution in [0.1, 0.15) is 12.0 Å². The van der Waals surface area contributed by atoms with Gasteiger partial charge in [0, 0.05) is 48.3 Å². The highest BCUT2D eigenvalue weighted by atomic mass is 127. The second-order valence-electron chi connectivity index (χ2n) is 5.87. The van der Waals surface area contributed by atoms with Crippen molar-refractivity contribution in [3.05, 3.63) is 41.7 Å². The summed E-state index contributed by atoms with van der Waals surface area (Å²) in [6, 6.07) is 8.37. The van der Waals surface area contributed by atoms with E-state index >= 15 is 0 Å². The smallest absolute Gasteiger partial charge is 0.283 e. The van der Waals surface area contributed by atoms with E-state index in [1.54, 1.807) is 7.11 Å². The lowest BCUT2D eigenvalue weighted by molar-refractivity contribution is 0.0711. The van der Waals surface area contributed by atoms with Crippen molar-refractivity contribution in [1.29, 1.82) is 0 Å². The van der Waals surface area contributed by atoms with E-state index < -0.39 is 0 Å². The molecule has 1 aromatic carbocycles. The summed E-state index contributed by atoms with van der Waals surface area (Å²) < 4.78 is 11.3. The van der Waals surface area contributed by atoms with Gasteiger partial charge in [0.25, 0.3) is 3.91 Å². The van der Waals surface area contributed by atoms with Gasteiger partial charge in [-0.3, -0.25) is 9.69 Å². The fraction of sp³-hybridized carbons (Fsp3) is 0.471. The van der Waals surface area contributed by atoms with Crippen LogP contribution in [0.2, 0.25) is 0 Å². The zero-order valence-electron chi connectivity index (χ0n) is 13.2. The third-order valence-electron chi connectivity index (χ3n) is 4.41. The van der Waals surface area contributed by atoms with E-state index in [2.05, 4.69) is 11.0 Å². The second kappa shape index (κ2) is 7.53. The van der Waals surface area contributed by atoms with Crippen LogP contribution in [0.25, 0.3) is 0 Å². The Bertz CT molecular complexity index is 588. The second-order valence-corrected chi connectivity index (χ2v) is 6.79. The highest BCUT2D eigenvalue weighted by Gasteiger charge is 2.31. The number of fused-ring (bicyclic) bond motifs is 1. The average Bonchev–Trinajstić information content (AvgIpc) is 2.59. The van der Waals surface area contributed by atoms with Gasteiger partial charge in [-0.05, 0) is 30.2 Å². The molecule has 1 atom stereocenters. The van der Waals surface area contributed by atoms with Gasteiger partial charge in [0.05, 0.1) is 13.7 Å². The number of piperazine rings is 1. The lowest BCUT2D eigenvalue weighted by Gasteiger charge is -2.42. The number of rotatable bonds is 4. The quantitative estimate of drug-likeness (QED) is 0.420. The molecular weight excluding hydrogens is 407 g/mol. The average molecular weight is 428 g/mol. The molecular formula is C17H21IN2O3. The predicted octanol–water partition coefficient (Wildman–Crippen LogP) is 3.04. The monoisotopic (exact) mass is 428 g/mol. The van der Waals surface area contributed by atoms with E-state index in [0.29, 0.717) is 12.6 Å². The van der Waals surface area contributed by atoms with Gasteiger partial charge in [0.15, 0.2) is 0 Å². The molecule has 0 spiro atoms. The molecule has 5 nitrogen and oxygen atoms in total. The number of halogens is 1. The Morgan fingerprint density at radius 2 is 2.09 bits per heavy atom. The van der Waals surface area contributed by atoms with E-state index in [-0.39, 0.29) is 3.91 Å². The molecule has 124 valence electrons. The zero-order chi connectivity index (χ0) is 16.2. The van der Waals surface area contributed by atoms with E-state index in [0.717, 1.165) is 49.7 Å². The Morgan fingerprint density at radius 3 is 2.78 bits per heavy atom. The molecule has 6 heteroatoms. The number of amides is 1. The van der Waals surface area contributed by atoms with Crippen molar-refractivity contribution in [2.75, 3.05) is 33.3 Å². The summed E-state index contributed by atoms with van der Waals surface area (Å²) in [5, 5.41) is 0. The molecule has 1 fully saturated rings. The van der Waals surface area contributed by atoms with Crippen LogP contribution < -0.4 is 4.74 Å². The summed E-state index contributed by atoms with van der Waals surface area (Å²) in [7, 11) is 1.67. The summed E-state index contributed by atoms with van der Waals surface area (Å²) in [6.45, 7) is 3.97. The number of ether oxygens (including phenoxy) is 2.